The maximum Gasteiger partial charge on any atom is 0.0427 e. The van der Waals surface area contributed by atoms with Crippen LogP contribution in [-0.4, -0.2) is 0 Å². The number of fused-ring (bicyclic) bond motifs is 3. The molecule has 0 radical (unpaired) electrons. The highest BCUT2D eigenvalue weighted by Gasteiger charge is 2.11. The SMILES string of the molecule is c1ccc(-c2cc(-c3ccccc3)cc(-c3cccc(-c4cc5ccc6ccccc6c5s4)c3)c2)cc1. The van der Waals surface area contributed by atoms with Crippen LogP contribution in [0.3, 0.4) is 0 Å². The van der Waals surface area contributed by atoms with E-state index in [0.717, 1.165) is 0 Å². The molecule has 7 aromatic rings. The summed E-state index contributed by atoms with van der Waals surface area (Å²) in [6.45, 7) is 0. The van der Waals surface area contributed by atoms with Crippen molar-refractivity contribution in [3.63, 3.8) is 0 Å². The molecule has 1 heteroatoms. The summed E-state index contributed by atoms with van der Waals surface area (Å²) >= 11 is 1.88. The van der Waals surface area contributed by atoms with E-state index in [0.29, 0.717) is 0 Å². The van der Waals surface area contributed by atoms with Gasteiger partial charge in [-0.2, -0.15) is 0 Å². The molecule has 1 aromatic heterocycles. The summed E-state index contributed by atoms with van der Waals surface area (Å²) in [4.78, 5) is 1.30. The van der Waals surface area contributed by atoms with E-state index in [1.54, 1.807) is 0 Å². The minimum absolute atomic E-state index is 1.23. The predicted octanol–water partition coefficient (Wildman–Crippen LogP) is 10.7. The summed E-state index contributed by atoms with van der Waals surface area (Å²) in [5, 5.41) is 3.93. The molecule has 0 unspecified atom stereocenters. The van der Waals surface area contributed by atoms with Gasteiger partial charge in [0, 0.05) is 9.58 Å². The number of rotatable bonds is 4. The van der Waals surface area contributed by atoms with E-state index < -0.39 is 0 Å². The average molecular weight is 489 g/mol. The first-order chi connectivity index (χ1) is 18.3. The number of thiophene rings is 1. The molecule has 0 spiro atoms. The Morgan fingerprint density at radius 2 is 0.838 bits per heavy atom. The molecule has 37 heavy (non-hydrogen) atoms. The van der Waals surface area contributed by atoms with Crippen LogP contribution in [0.1, 0.15) is 0 Å². The highest BCUT2D eigenvalue weighted by atomic mass is 32.1. The summed E-state index contributed by atoms with van der Waals surface area (Å²) in [7, 11) is 0. The fourth-order valence-corrected chi connectivity index (χ4v) is 6.34. The number of benzene rings is 6. The lowest BCUT2D eigenvalue weighted by atomic mass is 9.93. The fourth-order valence-electron chi connectivity index (χ4n) is 5.15. The summed E-state index contributed by atoms with van der Waals surface area (Å²) < 4.78 is 1.36. The van der Waals surface area contributed by atoms with Gasteiger partial charge >= 0.3 is 0 Å². The van der Waals surface area contributed by atoms with E-state index in [2.05, 4.69) is 146 Å². The average Bonchev–Trinajstić information content (AvgIpc) is 3.43. The molecule has 0 nitrogen and oxygen atoms in total. The van der Waals surface area contributed by atoms with Crippen LogP contribution in [0.5, 0.6) is 0 Å². The lowest BCUT2D eigenvalue weighted by Crippen LogP contribution is -1.86. The van der Waals surface area contributed by atoms with Gasteiger partial charge in [0.25, 0.3) is 0 Å². The fraction of sp³-hybridized carbons (Fsp3) is 0. The zero-order chi connectivity index (χ0) is 24.6. The van der Waals surface area contributed by atoms with Crippen LogP contribution in [0.2, 0.25) is 0 Å². The summed E-state index contributed by atoms with van der Waals surface area (Å²) in [5.41, 5.74) is 8.65. The minimum Gasteiger partial charge on any atom is -0.135 e. The Labute approximate surface area is 221 Å². The third-order valence-corrected chi connectivity index (χ3v) is 8.27. The first-order valence-electron chi connectivity index (χ1n) is 12.6. The second kappa shape index (κ2) is 9.20. The normalized spacial score (nSPS) is 11.2. The van der Waals surface area contributed by atoms with Crippen molar-refractivity contribution < 1.29 is 0 Å². The molecule has 1 heterocycles. The molecular formula is C36H24S. The first-order valence-corrected chi connectivity index (χ1v) is 13.4. The van der Waals surface area contributed by atoms with Crippen LogP contribution < -0.4 is 0 Å². The Kier molecular flexibility index (Phi) is 5.42. The Morgan fingerprint density at radius 3 is 1.54 bits per heavy atom. The van der Waals surface area contributed by atoms with Crippen molar-refractivity contribution in [3.8, 4) is 43.8 Å². The first kappa shape index (κ1) is 21.8. The van der Waals surface area contributed by atoms with Crippen LogP contribution in [0, 0.1) is 0 Å². The van der Waals surface area contributed by atoms with Crippen LogP contribution in [0.4, 0.5) is 0 Å². The Bertz CT molecular complexity index is 1800. The van der Waals surface area contributed by atoms with Crippen molar-refractivity contribution in [2.24, 2.45) is 0 Å². The highest BCUT2D eigenvalue weighted by Crippen LogP contribution is 2.39. The lowest BCUT2D eigenvalue weighted by Gasteiger charge is -2.12. The molecule has 0 bridgehead atoms. The van der Waals surface area contributed by atoms with E-state index in [1.165, 1.54) is 64.7 Å². The third-order valence-electron chi connectivity index (χ3n) is 7.04. The zero-order valence-corrected chi connectivity index (χ0v) is 21.1. The Hall–Kier alpha value is -4.46. The molecule has 0 saturated carbocycles. The van der Waals surface area contributed by atoms with Gasteiger partial charge in [-0.05, 0) is 85.4 Å². The molecule has 7 rings (SSSR count). The van der Waals surface area contributed by atoms with Crippen molar-refractivity contribution in [3.05, 3.63) is 146 Å². The van der Waals surface area contributed by atoms with Gasteiger partial charge in [-0.15, -0.1) is 11.3 Å². The van der Waals surface area contributed by atoms with Crippen LogP contribution in [0.15, 0.2) is 146 Å². The van der Waals surface area contributed by atoms with Crippen LogP contribution in [-0.2, 0) is 0 Å². The van der Waals surface area contributed by atoms with E-state index in [4.69, 9.17) is 0 Å². The van der Waals surface area contributed by atoms with Gasteiger partial charge in [-0.3, -0.25) is 0 Å². The molecule has 0 aliphatic carbocycles. The van der Waals surface area contributed by atoms with E-state index in [1.807, 2.05) is 11.3 Å². The van der Waals surface area contributed by atoms with E-state index in [9.17, 15) is 0 Å². The predicted molar refractivity (Wildman–Crippen MR) is 161 cm³/mol. The zero-order valence-electron chi connectivity index (χ0n) is 20.3. The molecule has 0 saturated heterocycles. The highest BCUT2D eigenvalue weighted by molar-refractivity contribution is 7.23. The van der Waals surface area contributed by atoms with Gasteiger partial charge in [0.05, 0.1) is 0 Å². The molecular weight excluding hydrogens is 464 g/mol. The maximum absolute atomic E-state index is 2.34. The van der Waals surface area contributed by atoms with Crippen molar-refractivity contribution in [2.75, 3.05) is 0 Å². The minimum atomic E-state index is 1.23. The largest absolute Gasteiger partial charge is 0.135 e. The molecule has 0 fully saturated rings. The van der Waals surface area contributed by atoms with Crippen molar-refractivity contribution in [1.29, 1.82) is 0 Å². The number of hydrogen-bond acceptors (Lipinski definition) is 1. The van der Waals surface area contributed by atoms with E-state index >= 15 is 0 Å². The maximum atomic E-state index is 2.34. The monoisotopic (exact) mass is 488 g/mol. The van der Waals surface area contributed by atoms with Gasteiger partial charge in [-0.25, -0.2) is 0 Å². The Balaban J connectivity index is 1.37. The lowest BCUT2D eigenvalue weighted by molar-refractivity contribution is 1.56. The second-order valence-electron chi connectivity index (χ2n) is 9.43. The van der Waals surface area contributed by atoms with Crippen molar-refractivity contribution >= 4 is 32.2 Å². The standard InChI is InChI=1S/C36H24S/c1-3-10-25(11-4-1)31-21-32(26-12-5-2-6-13-26)23-33(22-31)28-15-9-16-29(20-28)35-24-30-19-18-27-14-7-8-17-34(27)36(30)37-35/h1-24H. The summed E-state index contributed by atoms with van der Waals surface area (Å²) in [6.07, 6.45) is 0. The smallest absolute Gasteiger partial charge is 0.0427 e. The van der Waals surface area contributed by atoms with Gasteiger partial charge < -0.3 is 0 Å². The molecule has 0 aliphatic rings. The van der Waals surface area contributed by atoms with Crippen molar-refractivity contribution in [1.82, 2.24) is 0 Å². The summed E-state index contributed by atoms with van der Waals surface area (Å²) in [5.74, 6) is 0. The Morgan fingerprint density at radius 1 is 0.324 bits per heavy atom. The molecule has 0 aliphatic heterocycles. The van der Waals surface area contributed by atoms with Gasteiger partial charge in [0.2, 0.25) is 0 Å². The molecule has 0 amide bonds. The topological polar surface area (TPSA) is 0 Å². The second-order valence-corrected chi connectivity index (χ2v) is 10.5. The summed E-state index contributed by atoms with van der Waals surface area (Å²) in [6, 6.07) is 52.7. The number of hydrogen-bond donors (Lipinski definition) is 0. The van der Waals surface area contributed by atoms with Crippen molar-refractivity contribution in [2.45, 2.75) is 0 Å². The van der Waals surface area contributed by atoms with Gasteiger partial charge in [0.15, 0.2) is 0 Å². The van der Waals surface area contributed by atoms with Crippen LogP contribution in [0.25, 0.3) is 64.7 Å². The molecule has 0 N–H and O–H groups in total. The molecule has 0 atom stereocenters. The quantitative estimate of drug-likeness (QED) is 0.231. The van der Waals surface area contributed by atoms with Gasteiger partial charge in [0.1, 0.15) is 0 Å². The van der Waals surface area contributed by atoms with E-state index in [-0.39, 0.29) is 0 Å². The third kappa shape index (κ3) is 4.14. The molecule has 6 aromatic carbocycles. The van der Waals surface area contributed by atoms with Crippen LogP contribution >= 0.6 is 11.3 Å². The van der Waals surface area contributed by atoms with Gasteiger partial charge in [-0.1, -0.05) is 115 Å². The molecule has 174 valence electrons.